The number of carboxylic acid groups (broad SMARTS) is 1. The lowest BCUT2D eigenvalue weighted by Gasteiger charge is -1.92. The standard InChI is InChI=1S/C10H6.CH2O2/c1-3-9-7-5-6-8-10(9)4-2;2-1-3/h1-2,5-8H;1H,(H,2,3). The number of benzene rings is 1. The Hall–Kier alpha value is -2.19. The molecular weight excluding hydrogens is 164 g/mol. The SMILES string of the molecule is C#Cc1ccccc1C#C.O=CO. The van der Waals surface area contributed by atoms with E-state index >= 15 is 0 Å². The Balaban J connectivity index is 0.000000424. The first kappa shape index (κ1) is 10.8. The van der Waals surface area contributed by atoms with Gasteiger partial charge in [-0.05, 0) is 12.1 Å². The molecule has 0 heterocycles. The lowest BCUT2D eigenvalue weighted by Crippen LogP contribution is -1.79. The van der Waals surface area contributed by atoms with Gasteiger partial charge in [-0.1, -0.05) is 24.0 Å². The first-order chi connectivity index (χ1) is 6.29. The van der Waals surface area contributed by atoms with Gasteiger partial charge in [0.15, 0.2) is 0 Å². The average molecular weight is 172 g/mol. The minimum Gasteiger partial charge on any atom is -0.483 e. The maximum atomic E-state index is 8.36. The molecule has 0 fully saturated rings. The van der Waals surface area contributed by atoms with Gasteiger partial charge in [0.2, 0.25) is 0 Å². The highest BCUT2D eigenvalue weighted by Crippen LogP contribution is 2.03. The van der Waals surface area contributed by atoms with Gasteiger partial charge in [0.25, 0.3) is 6.47 Å². The van der Waals surface area contributed by atoms with E-state index in [1.165, 1.54) is 0 Å². The van der Waals surface area contributed by atoms with Crippen molar-refractivity contribution >= 4 is 6.47 Å². The molecule has 2 nitrogen and oxygen atoms in total. The molecule has 0 aliphatic heterocycles. The van der Waals surface area contributed by atoms with Crippen LogP contribution in [0.3, 0.4) is 0 Å². The Bertz CT molecular complexity index is 320. The molecule has 1 aromatic rings. The molecule has 0 bridgehead atoms. The topological polar surface area (TPSA) is 37.3 Å². The van der Waals surface area contributed by atoms with Crippen LogP contribution in [0.2, 0.25) is 0 Å². The highest BCUT2D eigenvalue weighted by molar-refractivity contribution is 5.47. The second-order valence-corrected chi connectivity index (χ2v) is 1.94. The van der Waals surface area contributed by atoms with Crippen molar-refractivity contribution < 1.29 is 9.90 Å². The highest BCUT2D eigenvalue weighted by atomic mass is 16.3. The summed E-state index contributed by atoms with van der Waals surface area (Å²) in [5.74, 6) is 5.01. The highest BCUT2D eigenvalue weighted by Gasteiger charge is 1.90. The monoisotopic (exact) mass is 172 g/mol. The minimum atomic E-state index is -0.250. The van der Waals surface area contributed by atoms with E-state index in [-0.39, 0.29) is 6.47 Å². The molecule has 0 unspecified atom stereocenters. The second kappa shape index (κ2) is 6.52. The molecule has 0 aromatic heterocycles. The molecule has 0 atom stereocenters. The van der Waals surface area contributed by atoms with Crippen LogP contribution in [0.4, 0.5) is 0 Å². The molecule has 1 aromatic carbocycles. The van der Waals surface area contributed by atoms with Crippen LogP contribution in [0.15, 0.2) is 24.3 Å². The molecule has 1 rings (SSSR count). The van der Waals surface area contributed by atoms with Crippen molar-refractivity contribution in [3.05, 3.63) is 35.4 Å². The fourth-order valence-electron chi connectivity index (χ4n) is 0.735. The van der Waals surface area contributed by atoms with Crippen molar-refractivity contribution in [1.82, 2.24) is 0 Å². The second-order valence-electron chi connectivity index (χ2n) is 1.94. The summed E-state index contributed by atoms with van der Waals surface area (Å²) in [6.45, 7) is -0.250. The summed E-state index contributed by atoms with van der Waals surface area (Å²) in [4.78, 5) is 8.36. The molecular formula is C11H8O2. The molecule has 13 heavy (non-hydrogen) atoms. The normalized spacial score (nSPS) is 6.92. The summed E-state index contributed by atoms with van der Waals surface area (Å²) in [5.41, 5.74) is 1.56. The molecule has 2 heteroatoms. The average Bonchev–Trinajstić information content (AvgIpc) is 2.19. The molecule has 0 saturated heterocycles. The fourth-order valence-corrected chi connectivity index (χ4v) is 0.735. The molecule has 1 N–H and O–H groups in total. The molecule has 0 spiro atoms. The molecule has 0 aliphatic rings. The zero-order valence-electron chi connectivity index (χ0n) is 6.90. The third kappa shape index (κ3) is 3.65. The molecule has 0 saturated carbocycles. The van der Waals surface area contributed by atoms with Crippen LogP contribution in [0, 0.1) is 24.7 Å². The van der Waals surface area contributed by atoms with E-state index in [0.29, 0.717) is 0 Å². The van der Waals surface area contributed by atoms with Gasteiger partial charge in [-0.2, -0.15) is 0 Å². The number of carbonyl (C=O) groups is 1. The third-order valence-electron chi connectivity index (χ3n) is 1.24. The van der Waals surface area contributed by atoms with Crippen LogP contribution in [0.25, 0.3) is 0 Å². The largest absolute Gasteiger partial charge is 0.483 e. The predicted octanol–water partition coefficient (Wildman–Crippen LogP) is 1.35. The molecule has 0 amide bonds. The summed E-state index contributed by atoms with van der Waals surface area (Å²) in [6, 6.07) is 7.40. The van der Waals surface area contributed by atoms with E-state index in [4.69, 9.17) is 22.7 Å². The van der Waals surface area contributed by atoms with E-state index in [0.717, 1.165) is 11.1 Å². The molecule has 0 radical (unpaired) electrons. The number of terminal acetylenes is 2. The Morgan fingerprint density at radius 1 is 1.15 bits per heavy atom. The number of hydrogen-bond donors (Lipinski definition) is 1. The summed E-state index contributed by atoms with van der Waals surface area (Å²) in [5, 5.41) is 6.89. The zero-order valence-corrected chi connectivity index (χ0v) is 6.90. The minimum absolute atomic E-state index is 0.250. The Labute approximate surface area is 77.2 Å². The van der Waals surface area contributed by atoms with Crippen LogP contribution in [0.5, 0.6) is 0 Å². The lowest BCUT2D eigenvalue weighted by atomic mass is 10.1. The van der Waals surface area contributed by atoms with Gasteiger partial charge in [0, 0.05) is 11.1 Å². The van der Waals surface area contributed by atoms with Gasteiger partial charge in [0.05, 0.1) is 0 Å². The van der Waals surface area contributed by atoms with Crippen molar-refractivity contribution in [2.24, 2.45) is 0 Å². The van der Waals surface area contributed by atoms with Gasteiger partial charge in [0.1, 0.15) is 0 Å². The van der Waals surface area contributed by atoms with Crippen molar-refractivity contribution in [2.75, 3.05) is 0 Å². The summed E-state index contributed by atoms with van der Waals surface area (Å²) >= 11 is 0. The van der Waals surface area contributed by atoms with Crippen LogP contribution in [-0.4, -0.2) is 11.6 Å². The van der Waals surface area contributed by atoms with Gasteiger partial charge in [-0.15, -0.1) is 12.8 Å². The Morgan fingerprint density at radius 2 is 1.46 bits per heavy atom. The molecule has 0 aliphatic carbocycles. The van der Waals surface area contributed by atoms with Gasteiger partial charge < -0.3 is 5.11 Å². The maximum Gasteiger partial charge on any atom is 0.290 e. The Morgan fingerprint density at radius 3 is 1.69 bits per heavy atom. The van der Waals surface area contributed by atoms with E-state index < -0.39 is 0 Å². The van der Waals surface area contributed by atoms with Crippen LogP contribution in [-0.2, 0) is 4.79 Å². The first-order valence-corrected chi connectivity index (χ1v) is 3.40. The number of hydrogen-bond acceptors (Lipinski definition) is 1. The van der Waals surface area contributed by atoms with Crippen LogP contribution < -0.4 is 0 Å². The Kier molecular flexibility index (Phi) is 5.42. The number of rotatable bonds is 0. The van der Waals surface area contributed by atoms with Crippen molar-refractivity contribution in [1.29, 1.82) is 0 Å². The summed E-state index contributed by atoms with van der Waals surface area (Å²) in [7, 11) is 0. The first-order valence-electron chi connectivity index (χ1n) is 3.40. The van der Waals surface area contributed by atoms with Gasteiger partial charge >= 0.3 is 0 Å². The molecule has 64 valence electrons. The predicted molar refractivity (Wildman–Crippen MR) is 51.0 cm³/mol. The van der Waals surface area contributed by atoms with Crippen molar-refractivity contribution in [2.45, 2.75) is 0 Å². The van der Waals surface area contributed by atoms with Gasteiger partial charge in [-0.3, -0.25) is 4.79 Å². The van der Waals surface area contributed by atoms with Crippen molar-refractivity contribution in [3.63, 3.8) is 0 Å². The van der Waals surface area contributed by atoms with E-state index in [2.05, 4.69) is 11.8 Å². The zero-order chi connectivity index (χ0) is 10.1. The summed E-state index contributed by atoms with van der Waals surface area (Å²) < 4.78 is 0. The van der Waals surface area contributed by atoms with Crippen molar-refractivity contribution in [3.8, 4) is 24.7 Å². The van der Waals surface area contributed by atoms with E-state index in [1.54, 1.807) is 0 Å². The van der Waals surface area contributed by atoms with Crippen LogP contribution >= 0.6 is 0 Å². The quantitative estimate of drug-likeness (QED) is 0.473. The van der Waals surface area contributed by atoms with E-state index in [9.17, 15) is 0 Å². The summed E-state index contributed by atoms with van der Waals surface area (Å²) in [6.07, 6.45) is 10.4. The lowest BCUT2D eigenvalue weighted by molar-refractivity contribution is -0.122. The van der Waals surface area contributed by atoms with E-state index in [1.807, 2.05) is 24.3 Å². The maximum absolute atomic E-state index is 8.36. The van der Waals surface area contributed by atoms with Crippen LogP contribution in [0.1, 0.15) is 11.1 Å². The smallest absolute Gasteiger partial charge is 0.290 e. The third-order valence-corrected chi connectivity index (χ3v) is 1.24. The van der Waals surface area contributed by atoms with Gasteiger partial charge in [-0.25, -0.2) is 0 Å². The fraction of sp³-hybridized carbons (Fsp3) is 0.